The largest absolute Gasteiger partial charge is 0.507 e. The molecule has 3 rings (SSSR count). The van der Waals surface area contributed by atoms with Crippen LogP contribution in [0.4, 0.5) is 4.79 Å². The summed E-state index contributed by atoms with van der Waals surface area (Å²) >= 11 is 0.907. The second kappa shape index (κ2) is 7.99. The van der Waals surface area contributed by atoms with E-state index in [1.54, 1.807) is 13.2 Å². The zero-order valence-electron chi connectivity index (χ0n) is 19.3. The molecule has 6 heteroatoms. The number of aromatic hydroxyl groups is 1. The van der Waals surface area contributed by atoms with Gasteiger partial charge in [0.1, 0.15) is 11.4 Å². The van der Waals surface area contributed by atoms with Crippen LogP contribution in [0.3, 0.4) is 0 Å². The highest BCUT2D eigenvalue weighted by molar-refractivity contribution is 8.18. The summed E-state index contributed by atoms with van der Waals surface area (Å²) in [5.41, 5.74) is 2.30. The van der Waals surface area contributed by atoms with Gasteiger partial charge in [-0.1, -0.05) is 53.7 Å². The molecule has 5 nitrogen and oxygen atoms in total. The highest BCUT2D eigenvalue weighted by atomic mass is 32.2. The Kier molecular flexibility index (Phi) is 6.02. The van der Waals surface area contributed by atoms with E-state index in [0.29, 0.717) is 17.1 Å². The number of nitrogens with one attached hydrogen (secondary N) is 1. The number of carbonyl (C=O) groups excluding carboxylic acids is 2. The minimum Gasteiger partial charge on any atom is -0.507 e. The second-order valence-electron chi connectivity index (χ2n) is 10.1. The molecule has 2 amide bonds. The number of methoxy groups -OCH3 is 1. The van der Waals surface area contributed by atoms with Crippen LogP contribution in [0.2, 0.25) is 0 Å². The van der Waals surface area contributed by atoms with Crippen molar-refractivity contribution in [2.45, 2.75) is 64.4 Å². The Morgan fingerprint density at radius 3 is 2.13 bits per heavy atom. The van der Waals surface area contributed by atoms with Crippen molar-refractivity contribution in [3.63, 3.8) is 0 Å². The van der Waals surface area contributed by atoms with Crippen molar-refractivity contribution in [3.05, 3.63) is 63.6 Å². The lowest BCUT2D eigenvalue weighted by atomic mass is 9.74. The van der Waals surface area contributed by atoms with Crippen LogP contribution in [0.1, 0.15) is 64.7 Å². The van der Waals surface area contributed by atoms with Crippen molar-refractivity contribution >= 4 is 22.9 Å². The summed E-state index contributed by atoms with van der Waals surface area (Å²) in [5, 5.41) is 13.0. The Balaban J connectivity index is 2.11. The zero-order valence-corrected chi connectivity index (χ0v) is 20.1. The first-order valence-corrected chi connectivity index (χ1v) is 11.2. The predicted octanol–water partition coefficient (Wildman–Crippen LogP) is 5.58. The minimum atomic E-state index is -0.751. The van der Waals surface area contributed by atoms with Gasteiger partial charge < -0.3 is 9.84 Å². The molecule has 0 spiro atoms. The van der Waals surface area contributed by atoms with Crippen molar-refractivity contribution in [2.24, 2.45) is 0 Å². The van der Waals surface area contributed by atoms with Gasteiger partial charge in [0.05, 0.1) is 4.91 Å². The number of hydrogen-bond donors (Lipinski definition) is 2. The van der Waals surface area contributed by atoms with E-state index in [1.807, 2.05) is 30.4 Å². The average Bonchev–Trinajstić information content (AvgIpc) is 2.96. The molecule has 1 aromatic carbocycles. The standard InChI is InChI=1S/C25H31NO4S/c1-23(2,3)17-12-16(13-18(20(17)27)24(4,5)6)25(30-7)10-8-9-15(14-25)11-19-21(28)26-22(29)31-19/h8-13,27H,14H2,1-7H3,(H,26,28,29). The molecule has 0 bridgehead atoms. The molecular weight excluding hydrogens is 410 g/mol. The number of hydrogen-bond acceptors (Lipinski definition) is 5. The predicted molar refractivity (Wildman–Crippen MR) is 125 cm³/mol. The highest BCUT2D eigenvalue weighted by Crippen LogP contribution is 2.45. The lowest BCUT2D eigenvalue weighted by molar-refractivity contribution is -0.115. The van der Waals surface area contributed by atoms with E-state index in [1.165, 1.54) is 0 Å². The monoisotopic (exact) mass is 441 g/mol. The smallest absolute Gasteiger partial charge is 0.290 e. The molecule has 166 valence electrons. The normalized spacial score (nSPS) is 23.3. The number of rotatable bonds is 3. The van der Waals surface area contributed by atoms with Crippen LogP contribution >= 0.6 is 11.8 Å². The molecule has 1 saturated heterocycles. The number of phenols is 1. The van der Waals surface area contributed by atoms with Gasteiger partial charge in [0.25, 0.3) is 11.1 Å². The van der Waals surface area contributed by atoms with Gasteiger partial charge >= 0.3 is 0 Å². The summed E-state index contributed by atoms with van der Waals surface area (Å²) < 4.78 is 6.07. The van der Waals surface area contributed by atoms with Crippen molar-refractivity contribution in [2.75, 3.05) is 7.11 Å². The van der Waals surface area contributed by atoms with Gasteiger partial charge in [-0.25, -0.2) is 0 Å². The molecule has 1 heterocycles. The number of ether oxygens (including phenoxy) is 1. The summed E-state index contributed by atoms with van der Waals surface area (Å²) in [7, 11) is 1.67. The second-order valence-corrected chi connectivity index (χ2v) is 11.2. The Morgan fingerprint density at radius 2 is 1.68 bits per heavy atom. The molecule has 31 heavy (non-hydrogen) atoms. The van der Waals surface area contributed by atoms with Crippen LogP contribution in [0.25, 0.3) is 0 Å². The third-order valence-electron chi connectivity index (χ3n) is 5.68. The SMILES string of the molecule is COC1(c2cc(C(C)(C)C)c(O)c(C(C)(C)C)c2)C=CC=C(C=C2SC(=O)NC2=O)C1. The first-order chi connectivity index (χ1) is 14.3. The molecule has 1 unspecified atom stereocenters. The molecule has 0 radical (unpaired) electrons. The summed E-state index contributed by atoms with van der Waals surface area (Å²) in [6, 6.07) is 4.05. The topological polar surface area (TPSA) is 75.6 Å². The van der Waals surface area contributed by atoms with E-state index in [9.17, 15) is 14.7 Å². The third-order valence-corrected chi connectivity index (χ3v) is 6.49. The lowest BCUT2D eigenvalue weighted by Crippen LogP contribution is -2.30. The van der Waals surface area contributed by atoms with E-state index in [4.69, 9.17) is 4.74 Å². The Bertz CT molecular complexity index is 986. The number of thioether (sulfide) groups is 1. The molecule has 1 fully saturated rings. The van der Waals surface area contributed by atoms with E-state index >= 15 is 0 Å². The first-order valence-electron chi connectivity index (χ1n) is 10.3. The molecule has 2 aliphatic rings. The maximum absolute atomic E-state index is 12.0. The Labute approximate surface area is 188 Å². The fourth-order valence-electron chi connectivity index (χ4n) is 3.92. The van der Waals surface area contributed by atoms with Crippen molar-refractivity contribution in [1.29, 1.82) is 0 Å². The molecule has 0 aromatic heterocycles. The van der Waals surface area contributed by atoms with Crippen molar-refractivity contribution < 1.29 is 19.4 Å². The number of imide groups is 1. The van der Waals surface area contributed by atoms with E-state index in [2.05, 4.69) is 46.9 Å². The summed E-state index contributed by atoms with van der Waals surface area (Å²) in [6.45, 7) is 12.5. The molecule has 1 aliphatic carbocycles. The van der Waals surface area contributed by atoms with Gasteiger partial charge in [0.15, 0.2) is 0 Å². The molecule has 1 atom stereocenters. The lowest BCUT2D eigenvalue weighted by Gasteiger charge is -2.36. The molecule has 2 N–H and O–H groups in total. The van der Waals surface area contributed by atoms with Crippen LogP contribution in [-0.2, 0) is 26.0 Å². The van der Waals surface area contributed by atoms with Crippen molar-refractivity contribution in [3.8, 4) is 5.75 Å². The number of phenolic OH excluding ortho intramolecular Hbond substituents is 1. The van der Waals surface area contributed by atoms with Crippen LogP contribution in [0.15, 0.2) is 46.9 Å². The number of amides is 2. The number of allylic oxidation sites excluding steroid dienone is 3. The first kappa shape index (κ1) is 23.4. The summed E-state index contributed by atoms with van der Waals surface area (Å²) in [4.78, 5) is 23.9. The van der Waals surface area contributed by atoms with Crippen LogP contribution < -0.4 is 5.32 Å². The maximum Gasteiger partial charge on any atom is 0.290 e. The van der Waals surface area contributed by atoms with Gasteiger partial charge in [0, 0.05) is 13.5 Å². The molecule has 1 aliphatic heterocycles. The van der Waals surface area contributed by atoms with E-state index in [-0.39, 0.29) is 22.0 Å². The fourth-order valence-corrected chi connectivity index (χ4v) is 4.61. The van der Waals surface area contributed by atoms with Gasteiger partial charge in [-0.05, 0) is 69.1 Å². The maximum atomic E-state index is 12.0. The quantitative estimate of drug-likeness (QED) is 0.599. The van der Waals surface area contributed by atoms with Gasteiger partial charge in [-0.2, -0.15) is 0 Å². The Morgan fingerprint density at radius 1 is 1.10 bits per heavy atom. The van der Waals surface area contributed by atoms with Gasteiger partial charge in [-0.15, -0.1) is 0 Å². The average molecular weight is 442 g/mol. The number of carbonyl (C=O) groups is 2. The van der Waals surface area contributed by atoms with Crippen LogP contribution in [0.5, 0.6) is 5.75 Å². The summed E-state index contributed by atoms with van der Waals surface area (Å²) in [6.07, 6.45) is 8.10. The minimum absolute atomic E-state index is 0.257. The summed E-state index contributed by atoms with van der Waals surface area (Å²) in [5.74, 6) is -0.0478. The molecular formula is C25H31NO4S. The van der Waals surface area contributed by atoms with Gasteiger partial charge in [-0.3, -0.25) is 14.9 Å². The highest BCUT2D eigenvalue weighted by Gasteiger charge is 2.36. The molecule has 0 saturated carbocycles. The van der Waals surface area contributed by atoms with Crippen molar-refractivity contribution in [1.82, 2.24) is 5.32 Å². The van der Waals surface area contributed by atoms with Crippen LogP contribution in [-0.4, -0.2) is 23.4 Å². The fraction of sp³-hybridized carbons (Fsp3) is 0.440. The zero-order chi connectivity index (χ0) is 23.2. The third kappa shape index (κ3) is 4.65. The molecule has 1 aromatic rings. The van der Waals surface area contributed by atoms with Crippen LogP contribution in [0, 0.1) is 0 Å². The van der Waals surface area contributed by atoms with E-state index < -0.39 is 5.60 Å². The number of benzene rings is 1. The van der Waals surface area contributed by atoms with Gasteiger partial charge in [0.2, 0.25) is 0 Å². The van der Waals surface area contributed by atoms with E-state index in [0.717, 1.165) is 34.0 Å². The Hall–Kier alpha value is -2.31.